The summed E-state index contributed by atoms with van der Waals surface area (Å²) >= 11 is 0. The van der Waals surface area contributed by atoms with Gasteiger partial charge >= 0.3 is 0 Å². The topological polar surface area (TPSA) is 55.6 Å². The van der Waals surface area contributed by atoms with Crippen molar-refractivity contribution in [1.82, 2.24) is 4.90 Å². The molecule has 1 amide bonds. The average molecular weight is 248 g/mol. The number of hydrogen-bond acceptors (Lipinski definition) is 3. The van der Waals surface area contributed by atoms with E-state index >= 15 is 0 Å². The van der Waals surface area contributed by atoms with Gasteiger partial charge in [0.05, 0.1) is 6.61 Å². The number of hydrogen-bond donors (Lipinski definition) is 1. The number of nitrogens with zero attached hydrogens (tertiary/aromatic N) is 1. The van der Waals surface area contributed by atoms with Gasteiger partial charge in [0.1, 0.15) is 6.61 Å². The first-order chi connectivity index (χ1) is 8.79. The zero-order valence-electron chi connectivity index (χ0n) is 10.5. The van der Waals surface area contributed by atoms with E-state index in [4.69, 9.17) is 10.5 Å². The molecule has 4 heteroatoms. The molecule has 1 aromatic rings. The normalized spacial score (nSPS) is 19.2. The van der Waals surface area contributed by atoms with Crippen LogP contribution in [0.5, 0.6) is 0 Å². The van der Waals surface area contributed by atoms with Crippen LogP contribution >= 0.6 is 0 Å². The number of benzene rings is 1. The molecule has 98 valence electrons. The van der Waals surface area contributed by atoms with Gasteiger partial charge in [0.15, 0.2) is 0 Å². The molecule has 1 aliphatic heterocycles. The van der Waals surface area contributed by atoms with E-state index in [1.165, 1.54) is 0 Å². The summed E-state index contributed by atoms with van der Waals surface area (Å²) in [7, 11) is 0. The fraction of sp³-hybridized carbons (Fsp3) is 0.500. The monoisotopic (exact) mass is 248 g/mol. The number of likely N-dealkylation sites (tertiary alicyclic amines) is 1. The molecule has 0 bridgehead atoms. The van der Waals surface area contributed by atoms with E-state index in [0.29, 0.717) is 19.1 Å². The van der Waals surface area contributed by atoms with Gasteiger partial charge in [-0.2, -0.15) is 0 Å². The highest BCUT2D eigenvalue weighted by molar-refractivity contribution is 5.77. The molecule has 4 nitrogen and oxygen atoms in total. The lowest BCUT2D eigenvalue weighted by atomic mass is 10.1. The Morgan fingerprint density at radius 2 is 2.17 bits per heavy atom. The van der Waals surface area contributed by atoms with E-state index in [1.54, 1.807) is 0 Å². The minimum absolute atomic E-state index is 0.0712. The molecule has 0 aliphatic carbocycles. The Morgan fingerprint density at radius 3 is 2.83 bits per heavy atom. The summed E-state index contributed by atoms with van der Waals surface area (Å²) in [5.41, 5.74) is 6.69. The van der Waals surface area contributed by atoms with E-state index < -0.39 is 0 Å². The van der Waals surface area contributed by atoms with Crippen LogP contribution in [0.15, 0.2) is 30.3 Å². The summed E-state index contributed by atoms with van der Waals surface area (Å²) in [4.78, 5) is 13.7. The summed E-state index contributed by atoms with van der Waals surface area (Å²) in [6.45, 7) is 2.90. The fourth-order valence-corrected chi connectivity index (χ4v) is 2.17. The fourth-order valence-electron chi connectivity index (χ4n) is 2.17. The van der Waals surface area contributed by atoms with Crippen molar-refractivity contribution in [3.8, 4) is 0 Å². The highest BCUT2D eigenvalue weighted by Crippen LogP contribution is 2.14. The van der Waals surface area contributed by atoms with Gasteiger partial charge in [-0.05, 0) is 24.4 Å². The molecule has 1 saturated heterocycles. The predicted octanol–water partition coefficient (Wildman–Crippen LogP) is 1.01. The van der Waals surface area contributed by atoms with Gasteiger partial charge in [0, 0.05) is 13.1 Å². The van der Waals surface area contributed by atoms with E-state index in [9.17, 15) is 4.79 Å². The summed E-state index contributed by atoms with van der Waals surface area (Å²) in [6, 6.07) is 9.88. The van der Waals surface area contributed by atoms with Crippen LogP contribution in [0.4, 0.5) is 0 Å². The lowest BCUT2D eigenvalue weighted by Crippen LogP contribution is -2.32. The first kappa shape index (κ1) is 13.1. The van der Waals surface area contributed by atoms with Crippen LogP contribution in [0, 0.1) is 5.92 Å². The first-order valence-corrected chi connectivity index (χ1v) is 6.39. The number of carbonyl (C=O) groups is 1. The summed E-state index contributed by atoms with van der Waals surface area (Å²) < 4.78 is 5.44. The maximum absolute atomic E-state index is 11.9. The number of carbonyl (C=O) groups excluding carboxylic acids is 1. The van der Waals surface area contributed by atoms with Gasteiger partial charge in [-0.3, -0.25) is 4.79 Å². The SMILES string of the molecule is NCC1CCN(C(=O)COCc2ccccc2)C1. The molecule has 1 aromatic carbocycles. The highest BCUT2D eigenvalue weighted by atomic mass is 16.5. The predicted molar refractivity (Wildman–Crippen MR) is 69.8 cm³/mol. The van der Waals surface area contributed by atoms with Gasteiger partial charge < -0.3 is 15.4 Å². The molecule has 1 atom stereocenters. The molecule has 18 heavy (non-hydrogen) atoms. The van der Waals surface area contributed by atoms with Crippen molar-refractivity contribution in [1.29, 1.82) is 0 Å². The summed E-state index contributed by atoms with van der Waals surface area (Å²) in [5, 5.41) is 0. The Hall–Kier alpha value is -1.39. The van der Waals surface area contributed by atoms with Crippen LogP contribution in [0.25, 0.3) is 0 Å². The zero-order valence-corrected chi connectivity index (χ0v) is 10.5. The molecule has 1 aliphatic rings. The molecule has 1 fully saturated rings. The molecule has 0 radical (unpaired) electrons. The van der Waals surface area contributed by atoms with Crippen LogP contribution < -0.4 is 5.73 Å². The van der Waals surface area contributed by atoms with E-state index in [1.807, 2.05) is 35.2 Å². The molecule has 0 spiro atoms. The van der Waals surface area contributed by atoms with Crippen LogP contribution in [0.1, 0.15) is 12.0 Å². The van der Waals surface area contributed by atoms with E-state index in [0.717, 1.165) is 25.1 Å². The van der Waals surface area contributed by atoms with Crippen LogP contribution in [0.2, 0.25) is 0 Å². The highest BCUT2D eigenvalue weighted by Gasteiger charge is 2.24. The molecule has 0 aromatic heterocycles. The Labute approximate surface area is 108 Å². The third kappa shape index (κ3) is 3.55. The second-order valence-corrected chi connectivity index (χ2v) is 4.71. The zero-order chi connectivity index (χ0) is 12.8. The van der Waals surface area contributed by atoms with Crippen molar-refractivity contribution in [2.75, 3.05) is 26.2 Å². The largest absolute Gasteiger partial charge is 0.367 e. The Kier molecular flexibility index (Phi) is 4.73. The van der Waals surface area contributed by atoms with Crippen molar-refractivity contribution >= 4 is 5.91 Å². The minimum atomic E-state index is 0.0712. The Morgan fingerprint density at radius 1 is 1.39 bits per heavy atom. The van der Waals surface area contributed by atoms with Gasteiger partial charge in [-0.25, -0.2) is 0 Å². The van der Waals surface area contributed by atoms with Crippen molar-refractivity contribution in [2.45, 2.75) is 13.0 Å². The number of rotatable bonds is 5. The average Bonchev–Trinajstić information content (AvgIpc) is 2.89. The van der Waals surface area contributed by atoms with E-state index in [-0.39, 0.29) is 12.5 Å². The molecular weight excluding hydrogens is 228 g/mol. The molecule has 1 unspecified atom stereocenters. The molecule has 2 rings (SSSR count). The molecular formula is C14H20N2O2. The molecule has 2 N–H and O–H groups in total. The van der Waals surface area contributed by atoms with Crippen molar-refractivity contribution in [3.05, 3.63) is 35.9 Å². The number of ether oxygens (including phenoxy) is 1. The van der Waals surface area contributed by atoms with Crippen molar-refractivity contribution in [2.24, 2.45) is 11.7 Å². The third-order valence-corrected chi connectivity index (χ3v) is 3.31. The second-order valence-electron chi connectivity index (χ2n) is 4.71. The van der Waals surface area contributed by atoms with Crippen LogP contribution in [-0.4, -0.2) is 37.0 Å². The van der Waals surface area contributed by atoms with Crippen LogP contribution in [-0.2, 0) is 16.1 Å². The summed E-state index contributed by atoms with van der Waals surface area (Å²) in [5.74, 6) is 0.532. The quantitative estimate of drug-likeness (QED) is 0.846. The first-order valence-electron chi connectivity index (χ1n) is 6.39. The van der Waals surface area contributed by atoms with Crippen molar-refractivity contribution in [3.63, 3.8) is 0 Å². The van der Waals surface area contributed by atoms with E-state index in [2.05, 4.69) is 0 Å². The second kappa shape index (κ2) is 6.52. The van der Waals surface area contributed by atoms with Gasteiger partial charge in [-0.1, -0.05) is 30.3 Å². The summed E-state index contributed by atoms with van der Waals surface area (Å²) in [6.07, 6.45) is 1.01. The maximum atomic E-state index is 11.9. The standard InChI is InChI=1S/C14H20N2O2/c15-8-13-6-7-16(9-13)14(17)11-18-10-12-4-2-1-3-5-12/h1-5,13H,6-11,15H2. The Bertz CT molecular complexity index is 381. The van der Waals surface area contributed by atoms with Gasteiger partial charge in [0.2, 0.25) is 5.91 Å². The Balaban J connectivity index is 1.69. The van der Waals surface area contributed by atoms with Crippen LogP contribution in [0.3, 0.4) is 0 Å². The molecule has 1 heterocycles. The van der Waals surface area contributed by atoms with Gasteiger partial charge in [-0.15, -0.1) is 0 Å². The minimum Gasteiger partial charge on any atom is -0.367 e. The lowest BCUT2D eigenvalue weighted by Gasteiger charge is -2.16. The molecule has 0 saturated carbocycles. The smallest absolute Gasteiger partial charge is 0.248 e. The number of amides is 1. The number of nitrogens with two attached hydrogens (primary N) is 1. The third-order valence-electron chi connectivity index (χ3n) is 3.31. The van der Waals surface area contributed by atoms with Crippen molar-refractivity contribution < 1.29 is 9.53 Å². The maximum Gasteiger partial charge on any atom is 0.248 e. The van der Waals surface area contributed by atoms with Gasteiger partial charge in [0.25, 0.3) is 0 Å². The lowest BCUT2D eigenvalue weighted by molar-refractivity contribution is -0.135.